The third-order valence-corrected chi connectivity index (χ3v) is 8.04. The number of halogens is 4. The van der Waals surface area contributed by atoms with Crippen molar-refractivity contribution in [2.24, 2.45) is 4.99 Å². The van der Waals surface area contributed by atoms with E-state index in [9.17, 15) is 27.6 Å². The van der Waals surface area contributed by atoms with E-state index in [-0.39, 0.29) is 47.8 Å². The van der Waals surface area contributed by atoms with E-state index in [4.69, 9.17) is 19.3 Å². The summed E-state index contributed by atoms with van der Waals surface area (Å²) < 4.78 is 72.2. The smallest absolute Gasteiger partial charge is 0.473 e. The van der Waals surface area contributed by atoms with Crippen molar-refractivity contribution in [1.82, 2.24) is 4.90 Å². The number of unbranched alkanes of at least 4 members (excludes halogenated alkanes) is 1. The molecule has 256 valence electrons. The molecule has 1 fully saturated rings. The fourth-order valence-corrected chi connectivity index (χ4v) is 5.72. The number of carbonyl (C=O) groups excluding carboxylic acids is 2. The number of carboxylic acid groups (broad SMARTS) is 1. The number of alkyl halides is 3. The lowest BCUT2D eigenvalue weighted by molar-refractivity contribution is -0.169. The number of ketones is 1. The molecule has 2 heterocycles. The minimum atomic E-state index is -5.33. The highest BCUT2D eigenvalue weighted by Gasteiger charge is 2.42. The highest BCUT2D eigenvalue weighted by molar-refractivity contribution is 6.11. The lowest BCUT2D eigenvalue weighted by Gasteiger charge is -2.30. The maximum absolute atomic E-state index is 15.7. The summed E-state index contributed by atoms with van der Waals surface area (Å²) >= 11 is 0. The molecule has 0 saturated carbocycles. The molecule has 4 rings (SSSR count). The normalized spacial score (nSPS) is 15.6. The van der Waals surface area contributed by atoms with E-state index < -0.39 is 47.4 Å². The number of ether oxygens (including phenoxy) is 3. The van der Waals surface area contributed by atoms with E-state index in [1.807, 2.05) is 20.8 Å². The molecule has 2 aromatic rings. The van der Waals surface area contributed by atoms with Crippen molar-refractivity contribution in [3.05, 3.63) is 46.3 Å². The fourth-order valence-electron chi connectivity index (χ4n) is 5.72. The molecule has 0 atom stereocenters. The third-order valence-electron chi connectivity index (χ3n) is 8.04. The summed E-state index contributed by atoms with van der Waals surface area (Å²) in [4.78, 5) is 43.4. The van der Waals surface area contributed by atoms with Gasteiger partial charge in [-0.15, -0.1) is 0 Å². The van der Waals surface area contributed by atoms with Gasteiger partial charge in [-0.2, -0.15) is 18.2 Å². The SMILES string of the molecule is COc1cc2c(c(F)c1OC)C(=NC(=O)C(F)(F)F)N(CC(=O)c1cc(N3CCCC3)c(OCCCCC(=O)O)c(C(C)(C)C)c1)C2. The van der Waals surface area contributed by atoms with Crippen LogP contribution in [0.25, 0.3) is 0 Å². The van der Waals surface area contributed by atoms with Crippen LogP contribution in [0, 0.1) is 5.82 Å². The first-order chi connectivity index (χ1) is 22.1. The predicted octanol–water partition coefficient (Wildman–Crippen LogP) is 5.91. The molecular formula is C33H39F4N3O7. The van der Waals surface area contributed by atoms with E-state index >= 15 is 4.39 Å². The molecule has 2 aromatic carbocycles. The number of Topliss-reactive ketones (excluding diaryl/α,β-unsaturated/α-hetero) is 1. The zero-order chi connectivity index (χ0) is 34.7. The summed E-state index contributed by atoms with van der Waals surface area (Å²) in [5, 5.41) is 8.97. The van der Waals surface area contributed by atoms with Gasteiger partial charge in [-0.25, -0.2) is 4.39 Å². The second-order valence-electron chi connectivity index (χ2n) is 12.5. The Balaban J connectivity index is 1.75. The molecule has 1 saturated heterocycles. The predicted molar refractivity (Wildman–Crippen MR) is 165 cm³/mol. The molecule has 2 aliphatic heterocycles. The lowest BCUT2D eigenvalue weighted by Crippen LogP contribution is -2.33. The van der Waals surface area contributed by atoms with E-state index in [2.05, 4.69) is 9.89 Å². The minimum Gasteiger partial charge on any atom is -0.493 e. The quantitative estimate of drug-likeness (QED) is 0.168. The lowest BCUT2D eigenvalue weighted by atomic mass is 9.84. The number of carboxylic acids is 1. The molecule has 1 N–H and O–H groups in total. The van der Waals surface area contributed by atoms with Crippen LogP contribution in [0.1, 0.15) is 79.9 Å². The van der Waals surface area contributed by atoms with Crippen molar-refractivity contribution >= 4 is 29.2 Å². The zero-order valence-corrected chi connectivity index (χ0v) is 27.1. The Labute approximate surface area is 270 Å². The van der Waals surface area contributed by atoms with E-state index in [0.717, 1.165) is 43.5 Å². The summed E-state index contributed by atoms with van der Waals surface area (Å²) in [6, 6.07) is 4.74. The number of rotatable bonds is 12. The zero-order valence-electron chi connectivity index (χ0n) is 27.1. The molecule has 2 aliphatic rings. The Hall–Kier alpha value is -4.36. The largest absolute Gasteiger partial charge is 0.493 e. The molecule has 10 nitrogen and oxygen atoms in total. The highest BCUT2D eigenvalue weighted by atomic mass is 19.4. The van der Waals surface area contributed by atoms with Gasteiger partial charge in [-0.1, -0.05) is 20.8 Å². The van der Waals surface area contributed by atoms with Crippen LogP contribution in [0.4, 0.5) is 23.2 Å². The monoisotopic (exact) mass is 665 g/mol. The molecule has 47 heavy (non-hydrogen) atoms. The first-order valence-corrected chi connectivity index (χ1v) is 15.3. The van der Waals surface area contributed by atoms with Crippen LogP contribution >= 0.6 is 0 Å². The molecule has 0 aliphatic carbocycles. The van der Waals surface area contributed by atoms with Crippen LogP contribution in [0.2, 0.25) is 0 Å². The van der Waals surface area contributed by atoms with Gasteiger partial charge in [0.1, 0.15) is 11.6 Å². The van der Waals surface area contributed by atoms with E-state index in [1.54, 1.807) is 12.1 Å². The molecular weight excluding hydrogens is 626 g/mol. The van der Waals surface area contributed by atoms with Crippen LogP contribution in [0.15, 0.2) is 23.2 Å². The average molecular weight is 666 g/mol. The van der Waals surface area contributed by atoms with Gasteiger partial charge in [0.05, 0.1) is 38.6 Å². The van der Waals surface area contributed by atoms with Gasteiger partial charge < -0.3 is 29.1 Å². The topological polar surface area (TPSA) is 118 Å². The van der Waals surface area contributed by atoms with Gasteiger partial charge in [0.2, 0.25) is 0 Å². The van der Waals surface area contributed by atoms with Crippen molar-refractivity contribution in [2.75, 3.05) is 45.4 Å². The van der Waals surface area contributed by atoms with Gasteiger partial charge in [-0.3, -0.25) is 14.4 Å². The van der Waals surface area contributed by atoms with Gasteiger partial charge in [-0.05, 0) is 54.9 Å². The number of benzene rings is 2. The highest BCUT2D eigenvalue weighted by Crippen LogP contribution is 2.43. The maximum atomic E-state index is 15.7. The summed E-state index contributed by atoms with van der Waals surface area (Å²) in [5.74, 6) is -5.34. The Morgan fingerprint density at radius 2 is 1.66 bits per heavy atom. The van der Waals surface area contributed by atoms with Crippen LogP contribution in [0.3, 0.4) is 0 Å². The molecule has 14 heteroatoms. The number of methoxy groups -OCH3 is 2. The molecule has 0 bridgehead atoms. The van der Waals surface area contributed by atoms with Crippen molar-refractivity contribution in [2.45, 2.75) is 71.0 Å². The number of amidine groups is 1. The summed E-state index contributed by atoms with van der Waals surface area (Å²) in [7, 11) is 2.44. The second kappa shape index (κ2) is 14.2. The van der Waals surface area contributed by atoms with Gasteiger partial charge in [0, 0.05) is 37.2 Å². The van der Waals surface area contributed by atoms with Gasteiger partial charge in [0.25, 0.3) is 0 Å². The minimum absolute atomic E-state index is 0.0120. The number of hydrogen-bond donors (Lipinski definition) is 1. The van der Waals surface area contributed by atoms with Gasteiger partial charge in [0.15, 0.2) is 23.1 Å². The van der Waals surface area contributed by atoms with Crippen LogP contribution < -0.4 is 19.1 Å². The van der Waals surface area contributed by atoms with E-state index in [1.165, 1.54) is 13.2 Å². The number of aliphatic carboxylic acids is 1. The second-order valence-corrected chi connectivity index (χ2v) is 12.5. The molecule has 0 radical (unpaired) electrons. The van der Waals surface area contributed by atoms with Crippen LogP contribution in [-0.4, -0.2) is 80.1 Å². The number of nitrogens with zero attached hydrogens (tertiary/aromatic N) is 3. The Morgan fingerprint density at radius 3 is 2.23 bits per heavy atom. The van der Waals surface area contributed by atoms with Crippen LogP contribution in [-0.2, 0) is 21.5 Å². The van der Waals surface area contributed by atoms with Crippen molar-refractivity contribution < 1.29 is 51.3 Å². The van der Waals surface area contributed by atoms with Crippen molar-refractivity contribution in [3.63, 3.8) is 0 Å². The van der Waals surface area contributed by atoms with Crippen LogP contribution in [0.5, 0.6) is 17.2 Å². The van der Waals surface area contributed by atoms with Crippen molar-refractivity contribution in [3.8, 4) is 17.2 Å². The Morgan fingerprint density at radius 1 is 0.979 bits per heavy atom. The summed E-state index contributed by atoms with van der Waals surface area (Å²) in [6.07, 6.45) is -2.50. The number of anilines is 1. The third kappa shape index (κ3) is 7.96. The van der Waals surface area contributed by atoms with Gasteiger partial charge >= 0.3 is 18.1 Å². The molecule has 0 spiro atoms. The Bertz CT molecular complexity index is 1560. The van der Waals surface area contributed by atoms with E-state index in [0.29, 0.717) is 24.3 Å². The summed E-state index contributed by atoms with van der Waals surface area (Å²) in [6.45, 7) is 6.84. The summed E-state index contributed by atoms with van der Waals surface area (Å²) in [5.41, 5.74) is 0.933. The standard InChI is InChI=1S/C33H39F4N3O7/c1-32(2,3)21-14-19(15-22(39-11-7-8-12-39)28(21)47-13-9-6-10-25(42)43)23(41)18-40-17-20-16-24(45-4)29(46-5)27(34)26(20)30(40)38-31(44)33(35,36)37/h14-16H,6-13,17-18H2,1-5H3,(H,42,43). The first kappa shape index (κ1) is 35.5. The molecule has 1 amide bonds. The number of aliphatic imine (C=N–C) groups is 1. The number of carbonyl (C=O) groups is 3. The molecule has 0 unspecified atom stereocenters. The first-order valence-electron chi connectivity index (χ1n) is 15.3. The fraction of sp³-hybridized carbons (Fsp3) is 0.515. The maximum Gasteiger partial charge on any atom is 0.473 e. The number of amides is 1. The molecule has 0 aromatic heterocycles. The average Bonchev–Trinajstić information content (AvgIpc) is 3.64. The Kier molecular flexibility index (Phi) is 10.7. The van der Waals surface area contributed by atoms with Crippen molar-refractivity contribution in [1.29, 1.82) is 0 Å². The number of fused-ring (bicyclic) bond motifs is 1. The number of hydrogen-bond acceptors (Lipinski definition) is 7.